The van der Waals surface area contributed by atoms with Crippen molar-refractivity contribution in [2.75, 3.05) is 19.8 Å². The van der Waals surface area contributed by atoms with Crippen LogP contribution in [0.2, 0.25) is 5.02 Å². The van der Waals surface area contributed by atoms with Gasteiger partial charge < -0.3 is 14.8 Å². The molecule has 4 heteroatoms. The SMILES string of the molecule is CCCNC(c1cc2c(cc1Cl)OCCCO2)C(C)C. The van der Waals surface area contributed by atoms with Crippen LogP contribution in [0.1, 0.15) is 45.2 Å². The first kappa shape index (κ1) is 15.5. The molecule has 1 N–H and O–H groups in total. The maximum absolute atomic E-state index is 6.46. The number of ether oxygens (including phenoxy) is 2. The summed E-state index contributed by atoms with van der Waals surface area (Å²) in [6.45, 7) is 8.93. The van der Waals surface area contributed by atoms with Gasteiger partial charge in [-0.1, -0.05) is 32.4 Å². The van der Waals surface area contributed by atoms with Crippen molar-refractivity contribution < 1.29 is 9.47 Å². The van der Waals surface area contributed by atoms with E-state index < -0.39 is 0 Å². The summed E-state index contributed by atoms with van der Waals surface area (Å²) in [7, 11) is 0. The Morgan fingerprint density at radius 1 is 1.20 bits per heavy atom. The molecular formula is C16H24ClNO2. The predicted molar refractivity (Wildman–Crippen MR) is 82.9 cm³/mol. The van der Waals surface area contributed by atoms with E-state index >= 15 is 0 Å². The second-order valence-corrected chi connectivity index (χ2v) is 5.95. The summed E-state index contributed by atoms with van der Waals surface area (Å²) >= 11 is 6.46. The molecule has 20 heavy (non-hydrogen) atoms. The van der Waals surface area contributed by atoms with Crippen LogP contribution >= 0.6 is 11.6 Å². The molecular weight excluding hydrogens is 274 g/mol. The van der Waals surface area contributed by atoms with Crippen molar-refractivity contribution in [2.24, 2.45) is 5.92 Å². The van der Waals surface area contributed by atoms with Crippen LogP contribution in [0.4, 0.5) is 0 Å². The van der Waals surface area contributed by atoms with Gasteiger partial charge in [-0.25, -0.2) is 0 Å². The molecule has 0 amide bonds. The van der Waals surface area contributed by atoms with Crippen LogP contribution in [0.15, 0.2) is 12.1 Å². The zero-order valence-corrected chi connectivity index (χ0v) is 13.3. The van der Waals surface area contributed by atoms with Gasteiger partial charge in [0, 0.05) is 23.6 Å². The minimum Gasteiger partial charge on any atom is -0.490 e. The normalized spacial score (nSPS) is 16.1. The van der Waals surface area contributed by atoms with E-state index in [4.69, 9.17) is 21.1 Å². The lowest BCUT2D eigenvalue weighted by molar-refractivity contribution is 0.296. The maximum Gasteiger partial charge on any atom is 0.162 e. The summed E-state index contributed by atoms with van der Waals surface area (Å²) in [6.07, 6.45) is 2.01. The van der Waals surface area contributed by atoms with Crippen molar-refractivity contribution in [1.29, 1.82) is 0 Å². The summed E-state index contributed by atoms with van der Waals surface area (Å²) in [5.41, 5.74) is 1.10. The van der Waals surface area contributed by atoms with E-state index in [2.05, 4.69) is 26.1 Å². The van der Waals surface area contributed by atoms with E-state index in [1.165, 1.54) is 0 Å². The molecule has 0 spiro atoms. The van der Waals surface area contributed by atoms with Gasteiger partial charge in [-0.3, -0.25) is 0 Å². The minimum atomic E-state index is 0.236. The lowest BCUT2D eigenvalue weighted by Gasteiger charge is -2.25. The zero-order chi connectivity index (χ0) is 14.5. The van der Waals surface area contributed by atoms with Crippen molar-refractivity contribution in [2.45, 2.75) is 39.7 Å². The van der Waals surface area contributed by atoms with Gasteiger partial charge in [0.1, 0.15) is 0 Å². The monoisotopic (exact) mass is 297 g/mol. The van der Waals surface area contributed by atoms with Gasteiger partial charge in [-0.05, 0) is 30.5 Å². The Morgan fingerprint density at radius 2 is 1.85 bits per heavy atom. The molecule has 112 valence electrons. The molecule has 0 bridgehead atoms. The largest absolute Gasteiger partial charge is 0.490 e. The Balaban J connectivity index is 2.31. The molecule has 0 fully saturated rings. The number of hydrogen-bond donors (Lipinski definition) is 1. The molecule has 3 nitrogen and oxygen atoms in total. The van der Waals surface area contributed by atoms with E-state index in [1.54, 1.807) is 0 Å². The molecule has 0 saturated carbocycles. The molecule has 0 aliphatic carbocycles. The van der Waals surface area contributed by atoms with Crippen LogP contribution in [-0.2, 0) is 0 Å². The van der Waals surface area contributed by atoms with E-state index in [-0.39, 0.29) is 6.04 Å². The molecule has 1 aliphatic heterocycles. The fourth-order valence-corrected chi connectivity index (χ4v) is 2.71. The molecule has 2 rings (SSSR count). The van der Waals surface area contributed by atoms with Crippen molar-refractivity contribution in [3.05, 3.63) is 22.7 Å². The highest BCUT2D eigenvalue weighted by molar-refractivity contribution is 6.31. The Hall–Kier alpha value is -0.930. The van der Waals surface area contributed by atoms with Crippen molar-refractivity contribution in [1.82, 2.24) is 5.32 Å². The van der Waals surface area contributed by atoms with Gasteiger partial charge in [-0.15, -0.1) is 0 Å². The minimum absolute atomic E-state index is 0.236. The summed E-state index contributed by atoms with van der Waals surface area (Å²) < 4.78 is 11.4. The average Bonchev–Trinajstić information content (AvgIpc) is 2.63. The lowest BCUT2D eigenvalue weighted by atomic mass is 9.95. The molecule has 1 aromatic carbocycles. The topological polar surface area (TPSA) is 30.5 Å². The summed E-state index contributed by atoms with van der Waals surface area (Å²) in [6, 6.07) is 4.16. The molecule has 1 heterocycles. The second-order valence-electron chi connectivity index (χ2n) is 5.55. The van der Waals surface area contributed by atoms with Crippen LogP contribution in [-0.4, -0.2) is 19.8 Å². The highest BCUT2D eigenvalue weighted by Crippen LogP contribution is 2.39. The lowest BCUT2D eigenvalue weighted by Crippen LogP contribution is -2.26. The van der Waals surface area contributed by atoms with Crippen LogP contribution < -0.4 is 14.8 Å². The van der Waals surface area contributed by atoms with E-state index in [9.17, 15) is 0 Å². The smallest absolute Gasteiger partial charge is 0.162 e. The summed E-state index contributed by atoms with van der Waals surface area (Å²) in [4.78, 5) is 0. The highest BCUT2D eigenvalue weighted by Gasteiger charge is 2.21. The van der Waals surface area contributed by atoms with Crippen molar-refractivity contribution in [3.8, 4) is 11.5 Å². The Kier molecular flexibility index (Phi) is 5.55. The molecule has 0 saturated heterocycles. The van der Waals surface area contributed by atoms with Gasteiger partial charge in [0.05, 0.1) is 13.2 Å². The average molecular weight is 298 g/mol. The third-order valence-corrected chi connectivity index (χ3v) is 3.81. The Morgan fingerprint density at radius 3 is 2.45 bits per heavy atom. The number of hydrogen-bond acceptors (Lipinski definition) is 3. The fraction of sp³-hybridized carbons (Fsp3) is 0.625. The van der Waals surface area contributed by atoms with Gasteiger partial charge in [0.25, 0.3) is 0 Å². The quantitative estimate of drug-likeness (QED) is 0.883. The Bertz CT molecular complexity index is 448. The van der Waals surface area contributed by atoms with Crippen LogP contribution in [0.3, 0.4) is 0 Å². The number of halogens is 1. The predicted octanol–water partition coefficient (Wildman–Crippen LogP) is 4.20. The molecule has 1 aromatic rings. The molecule has 1 aliphatic rings. The highest BCUT2D eigenvalue weighted by atomic mass is 35.5. The van der Waals surface area contributed by atoms with Gasteiger partial charge in [0.2, 0.25) is 0 Å². The number of benzene rings is 1. The molecule has 1 atom stereocenters. The van der Waals surface area contributed by atoms with Gasteiger partial charge >= 0.3 is 0 Å². The first-order valence-electron chi connectivity index (χ1n) is 7.46. The van der Waals surface area contributed by atoms with Crippen molar-refractivity contribution in [3.63, 3.8) is 0 Å². The first-order chi connectivity index (χ1) is 9.63. The van der Waals surface area contributed by atoms with E-state index in [0.29, 0.717) is 19.1 Å². The third-order valence-electron chi connectivity index (χ3n) is 3.48. The van der Waals surface area contributed by atoms with Crippen LogP contribution in [0.25, 0.3) is 0 Å². The van der Waals surface area contributed by atoms with Gasteiger partial charge in [0.15, 0.2) is 11.5 Å². The van der Waals surface area contributed by atoms with Gasteiger partial charge in [-0.2, -0.15) is 0 Å². The standard InChI is InChI=1S/C16H24ClNO2/c1-4-6-18-16(11(2)3)12-9-14-15(10-13(12)17)20-8-5-7-19-14/h9-11,16,18H,4-8H2,1-3H3. The molecule has 1 unspecified atom stereocenters. The third kappa shape index (κ3) is 3.58. The summed E-state index contributed by atoms with van der Waals surface area (Å²) in [5, 5.41) is 4.31. The van der Waals surface area contributed by atoms with Crippen LogP contribution in [0.5, 0.6) is 11.5 Å². The second kappa shape index (κ2) is 7.19. The fourth-order valence-electron chi connectivity index (χ4n) is 2.44. The maximum atomic E-state index is 6.46. The molecule has 0 radical (unpaired) electrons. The van der Waals surface area contributed by atoms with Crippen molar-refractivity contribution >= 4 is 11.6 Å². The van der Waals surface area contributed by atoms with Crippen LogP contribution in [0, 0.1) is 5.92 Å². The number of rotatable bonds is 5. The van der Waals surface area contributed by atoms with E-state index in [1.807, 2.05) is 12.1 Å². The number of nitrogens with one attached hydrogen (secondary N) is 1. The number of fused-ring (bicyclic) bond motifs is 1. The zero-order valence-electron chi connectivity index (χ0n) is 12.5. The first-order valence-corrected chi connectivity index (χ1v) is 7.83. The Labute approximate surface area is 126 Å². The van der Waals surface area contributed by atoms with E-state index in [0.717, 1.165) is 41.5 Å². The summed E-state index contributed by atoms with van der Waals surface area (Å²) in [5.74, 6) is 2.03. The molecule has 0 aromatic heterocycles.